The summed E-state index contributed by atoms with van der Waals surface area (Å²) in [5.41, 5.74) is 7.06. The average molecular weight is 445 g/mol. The standard InChI is InChI=1S/C25H23N3O5/c1-2-31-22-5-3-4-6-23(22)33-17-25(30)28-27-24(29)16-32-21-13-11-20(12-14-21)19-9-7-18(15-26)8-10-19/h3-14H,2,16-17H2,1H3,(H,27,29)(H,28,30). The summed E-state index contributed by atoms with van der Waals surface area (Å²) in [6.07, 6.45) is 0. The van der Waals surface area contributed by atoms with E-state index in [0.717, 1.165) is 11.1 Å². The molecular weight excluding hydrogens is 422 g/mol. The van der Waals surface area contributed by atoms with Gasteiger partial charge in [0.1, 0.15) is 5.75 Å². The summed E-state index contributed by atoms with van der Waals surface area (Å²) in [5.74, 6) is 0.435. The highest BCUT2D eigenvalue weighted by molar-refractivity contribution is 5.83. The lowest BCUT2D eigenvalue weighted by Crippen LogP contribution is -2.45. The van der Waals surface area contributed by atoms with Crippen molar-refractivity contribution in [2.75, 3.05) is 19.8 Å². The minimum absolute atomic E-state index is 0.273. The molecule has 0 aliphatic heterocycles. The fourth-order valence-corrected chi connectivity index (χ4v) is 2.83. The smallest absolute Gasteiger partial charge is 0.276 e. The highest BCUT2D eigenvalue weighted by atomic mass is 16.5. The number of hydrazine groups is 1. The number of carbonyl (C=O) groups excluding carboxylic acids is 2. The zero-order valence-corrected chi connectivity index (χ0v) is 18.0. The third kappa shape index (κ3) is 7.01. The monoisotopic (exact) mass is 445 g/mol. The second-order valence-corrected chi connectivity index (χ2v) is 6.77. The lowest BCUT2D eigenvalue weighted by atomic mass is 10.0. The van der Waals surface area contributed by atoms with Crippen molar-refractivity contribution in [1.29, 1.82) is 5.26 Å². The normalized spacial score (nSPS) is 9.94. The van der Waals surface area contributed by atoms with Crippen molar-refractivity contribution >= 4 is 11.8 Å². The SMILES string of the molecule is CCOc1ccccc1OCC(=O)NNC(=O)COc1ccc(-c2ccc(C#N)cc2)cc1. The van der Waals surface area contributed by atoms with Crippen LogP contribution in [0, 0.1) is 11.3 Å². The maximum Gasteiger partial charge on any atom is 0.276 e. The average Bonchev–Trinajstić information content (AvgIpc) is 2.86. The first-order chi connectivity index (χ1) is 16.1. The largest absolute Gasteiger partial charge is 0.490 e. The molecule has 3 aromatic carbocycles. The summed E-state index contributed by atoms with van der Waals surface area (Å²) in [4.78, 5) is 23.9. The summed E-state index contributed by atoms with van der Waals surface area (Å²) in [6, 6.07) is 23.5. The number of hydrogen-bond acceptors (Lipinski definition) is 6. The molecule has 0 saturated carbocycles. The van der Waals surface area contributed by atoms with E-state index in [2.05, 4.69) is 16.9 Å². The Morgan fingerprint density at radius 1 is 0.758 bits per heavy atom. The van der Waals surface area contributed by atoms with Crippen molar-refractivity contribution in [3.05, 3.63) is 78.4 Å². The second-order valence-electron chi connectivity index (χ2n) is 6.77. The van der Waals surface area contributed by atoms with Crippen LogP contribution in [0.25, 0.3) is 11.1 Å². The van der Waals surface area contributed by atoms with Crippen LogP contribution in [0.4, 0.5) is 0 Å². The van der Waals surface area contributed by atoms with Crippen LogP contribution in [0.5, 0.6) is 17.2 Å². The Labute approximate surface area is 191 Å². The molecule has 0 fully saturated rings. The fourth-order valence-electron chi connectivity index (χ4n) is 2.83. The minimum atomic E-state index is -0.526. The number of para-hydroxylation sites is 2. The van der Waals surface area contributed by atoms with Gasteiger partial charge in [-0.15, -0.1) is 0 Å². The molecule has 0 atom stereocenters. The number of rotatable bonds is 9. The van der Waals surface area contributed by atoms with E-state index in [4.69, 9.17) is 19.5 Å². The maximum atomic E-state index is 11.9. The van der Waals surface area contributed by atoms with Gasteiger partial charge in [-0.05, 0) is 54.4 Å². The molecule has 2 N–H and O–H groups in total. The Balaban J connectivity index is 1.40. The summed E-state index contributed by atoms with van der Waals surface area (Å²) < 4.78 is 16.3. The lowest BCUT2D eigenvalue weighted by molar-refractivity contribution is -0.131. The van der Waals surface area contributed by atoms with Gasteiger partial charge in [0, 0.05) is 0 Å². The topological polar surface area (TPSA) is 110 Å². The van der Waals surface area contributed by atoms with Gasteiger partial charge in [-0.1, -0.05) is 36.4 Å². The molecule has 0 spiro atoms. The molecule has 8 nitrogen and oxygen atoms in total. The molecule has 0 bridgehead atoms. The fraction of sp³-hybridized carbons (Fsp3) is 0.160. The number of nitrogens with zero attached hydrogens (tertiary/aromatic N) is 1. The van der Waals surface area contributed by atoms with E-state index in [1.165, 1.54) is 0 Å². The number of ether oxygens (including phenoxy) is 3. The van der Waals surface area contributed by atoms with E-state index in [1.807, 2.05) is 31.2 Å². The van der Waals surface area contributed by atoms with Crippen molar-refractivity contribution in [2.24, 2.45) is 0 Å². The first kappa shape index (κ1) is 23.2. The van der Waals surface area contributed by atoms with Gasteiger partial charge >= 0.3 is 0 Å². The first-order valence-corrected chi connectivity index (χ1v) is 10.2. The summed E-state index contributed by atoms with van der Waals surface area (Å²) in [7, 11) is 0. The van der Waals surface area contributed by atoms with Crippen molar-refractivity contribution in [3.8, 4) is 34.4 Å². The van der Waals surface area contributed by atoms with Crippen LogP contribution in [-0.2, 0) is 9.59 Å². The van der Waals surface area contributed by atoms with Crippen molar-refractivity contribution in [3.63, 3.8) is 0 Å². The van der Waals surface area contributed by atoms with Gasteiger partial charge in [0.15, 0.2) is 24.7 Å². The van der Waals surface area contributed by atoms with Gasteiger partial charge < -0.3 is 14.2 Å². The highest BCUT2D eigenvalue weighted by Crippen LogP contribution is 2.26. The molecule has 3 aromatic rings. The van der Waals surface area contributed by atoms with E-state index in [1.54, 1.807) is 48.5 Å². The van der Waals surface area contributed by atoms with Gasteiger partial charge in [-0.3, -0.25) is 20.4 Å². The van der Waals surface area contributed by atoms with E-state index in [9.17, 15) is 9.59 Å². The Morgan fingerprint density at radius 3 is 1.82 bits per heavy atom. The molecule has 0 radical (unpaired) electrons. The van der Waals surface area contributed by atoms with Crippen LogP contribution in [0.15, 0.2) is 72.8 Å². The second kappa shape index (κ2) is 11.8. The molecule has 0 unspecified atom stereocenters. The Hall–Kier alpha value is -4.51. The zero-order chi connectivity index (χ0) is 23.5. The molecule has 8 heteroatoms. The first-order valence-electron chi connectivity index (χ1n) is 10.2. The number of hydrogen-bond donors (Lipinski definition) is 2. The van der Waals surface area contributed by atoms with E-state index >= 15 is 0 Å². The van der Waals surface area contributed by atoms with Gasteiger partial charge in [-0.2, -0.15) is 5.26 Å². The van der Waals surface area contributed by atoms with E-state index < -0.39 is 11.8 Å². The number of benzene rings is 3. The van der Waals surface area contributed by atoms with Crippen molar-refractivity contribution in [2.45, 2.75) is 6.92 Å². The van der Waals surface area contributed by atoms with Gasteiger partial charge in [0.05, 0.1) is 18.2 Å². The van der Waals surface area contributed by atoms with Crippen LogP contribution < -0.4 is 25.1 Å². The summed E-state index contributed by atoms with van der Waals surface area (Å²) in [5, 5.41) is 8.88. The third-order valence-corrected chi connectivity index (χ3v) is 4.42. The molecule has 0 heterocycles. The van der Waals surface area contributed by atoms with Crippen LogP contribution in [0.2, 0.25) is 0 Å². The van der Waals surface area contributed by atoms with Crippen LogP contribution in [0.3, 0.4) is 0 Å². The number of nitrogens with one attached hydrogen (secondary N) is 2. The summed E-state index contributed by atoms with van der Waals surface area (Å²) >= 11 is 0. The lowest BCUT2D eigenvalue weighted by Gasteiger charge is -2.12. The number of nitriles is 1. The third-order valence-electron chi connectivity index (χ3n) is 4.42. The van der Waals surface area contributed by atoms with Gasteiger partial charge in [0.25, 0.3) is 11.8 Å². The summed E-state index contributed by atoms with van der Waals surface area (Å²) in [6.45, 7) is 1.76. The highest BCUT2D eigenvalue weighted by Gasteiger charge is 2.09. The van der Waals surface area contributed by atoms with Crippen LogP contribution in [-0.4, -0.2) is 31.6 Å². The van der Waals surface area contributed by atoms with E-state index in [0.29, 0.717) is 29.4 Å². The Morgan fingerprint density at radius 2 is 1.27 bits per heavy atom. The van der Waals surface area contributed by atoms with Crippen LogP contribution in [0.1, 0.15) is 12.5 Å². The minimum Gasteiger partial charge on any atom is -0.490 e. The molecule has 0 aliphatic carbocycles. The van der Waals surface area contributed by atoms with Gasteiger partial charge in [0.2, 0.25) is 0 Å². The predicted molar refractivity (Wildman–Crippen MR) is 121 cm³/mol. The molecule has 33 heavy (non-hydrogen) atoms. The molecule has 0 aliphatic rings. The quantitative estimate of drug-likeness (QED) is 0.490. The Bertz CT molecular complexity index is 1120. The number of carbonyl (C=O) groups is 2. The molecule has 168 valence electrons. The van der Waals surface area contributed by atoms with Crippen molar-refractivity contribution in [1.82, 2.24) is 10.9 Å². The van der Waals surface area contributed by atoms with E-state index in [-0.39, 0.29) is 13.2 Å². The molecule has 3 rings (SSSR count). The molecule has 0 aromatic heterocycles. The predicted octanol–water partition coefficient (Wildman–Crippen LogP) is 3.23. The molecule has 0 saturated heterocycles. The Kier molecular flexibility index (Phi) is 8.26. The van der Waals surface area contributed by atoms with Crippen LogP contribution >= 0.6 is 0 Å². The number of amides is 2. The van der Waals surface area contributed by atoms with Gasteiger partial charge in [-0.25, -0.2) is 0 Å². The molecular formula is C25H23N3O5. The molecule has 2 amide bonds. The maximum absolute atomic E-state index is 11.9. The zero-order valence-electron chi connectivity index (χ0n) is 18.0. The van der Waals surface area contributed by atoms with Crippen molar-refractivity contribution < 1.29 is 23.8 Å².